The lowest BCUT2D eigenvalue weighted by molar-refractivity contribution is 0.639. The van der Waals surface area contributed by atoms with Crippen molar-refractivity contribution in [3.8, 4) is 0 Å². The summed E-state index contributed by atoms with van der Waals surface area (Å²) < 4.78 is 1.88. The smallest absolute Gasteiger partial charge is 0.115 e. The Morgan fingerprint density at radius 2 is 1.92 bits per heavy atom. The molecule has 1 aromatic heterocycles. The Hall–Kier alpha value is -0.500. The number of hydrogen-bond donors (Lipinski definition) is 0. The van der Waals surface area contributed by atoms with Crippen LogP contribution in [0.1, 0.15) is 50.9 Å². The first-order chi connectivity index (χ1) is 6.06. The van der Waals surface area contributed by atoms with Gasteiger partial charge >= 0.3 is 0 Å². The standard InChI is InChI=1S/C10H17ClN2/c1-7(2)9-5-10(8(3)4)13(6-11)12-9/h5,7-8H,6H2,1-4H3. The van der Waals surface area contributed by atoms with Gasteiger partial charge in [0.15, 0.2) is 0 Å². The Morgan fingerprint density at radius 1 is 1.31 bits per heavy atom. The molecule has 0 aliphatic carbocycles. The average molecular weight is 201 g/mol. The molecule has 0 atom stereocenters. The van der Waals surface area contributed by atoms with E-state index in [1.54, 1.807) is 0 Å². The summed E-state index contributed by atoms with van der Waals surface area (Å²) in [6.45, 7) is 8.60. The zero-order valence-electron chi connectivity index (χ0n) is 8.71. The fourth-order valence-electron chi connectivity index (χ4n) is 1.29. The van der Waals surface area contributed by atoms with Crippen molar-refractivity contribution in [2.75, 3.05) is 0 Å². The largest absolute Gasteiger partial charge is 0.254 e. The summed E-state index contributed by atoms with van der Waals surface area (Å²) in [6, 6.07) is 2.60. The second-order valence-electron chi connectivity index (χ2n) is 3.92. The highest BCUT2D eigenvalue weighted by Crippen LogP contribution is 2.20. The summed E-state index contributed by atoms with van der Waals surface area (Å²) in [4.78, 5) is 0. The normalized spacial score (nSPS) is 11.6. The van der Waals surface area contributed by atoms with E-state index in [0.717, 1.165) is 5.69 Å². The quantitative estimate of drug-likeness (QED) is 0.685. The molecule has 0 saturated carbocycles. The minimum absolute atomic E-state index is 0.445. The van der Waals surface area contributed by atoms with Crippen molar-refractivity contribution in [3.63, 3.8) is 0 Å². The van der Waals surface area contributed by atoms with Crippen molar-refractivity contribution in [1.82, 2.24) is 9.78 Å². The molecule has 0 unspecified atom stereocenters. The Bertz CT molecular complexity index is 276. The Morgan fingerprint density at radius 3 is 2.23 bits per heavy atom. The molecule has 1 rings (SSSR count). The monoisotopic (exact) mass is 200 g/mol. The molecule has 0 fully saturated rings. The van der Waals surface area contributed by atoms with Crippen LogP contribution in [0.3, 0.4) is 0 Å². The second kappa shape index (κ2) is 4.14. The molecule has 1 heterocycles. The van der Waals surface area contributed by atoms with Gasteiger partial charge in [-0.1, -0.05) is 27.7 Å². The minimum atomic E-state index is 0.445. The van der Waals surface area contributed by atoms with Crippen LogP contribution >= 0.6 is 11.6 Å². The molecule has 0 radical (unpaired) electrons. The number of alkyl halides is 1. The molecular formula is C10H17ClN2. The van der Waals surface area contributed by atoms with Gasteiger partial charge in [-0.05, 0) is 17.9 Å². The third-order valence-electron chi connectivity index (χ3n) is 2.13. The molecule has 0 aliphatic rings. The molecule has 0 spiro atoms. The second-order valence-corrected chi connectivity index (χ2v) is 4.16. The summed E-state index contributed by atoms with van der Waals surface area (Å²) in [5.41, 5.74) is 2.35. The first-order valence-corrected chi connectivity index (χ1v) is 5.23. The highest BCUT2D eigenvalue weighted by molar-refractivity contribution is 6.15. The van der Waals surface area contributed by atoms with Crippen LogP contribution in [0.25, 0.3) is 0 Å². The minimum Gasteiger partial charge on any atom is -0.254 e. The van der Waals surface area contributed by atoms with Crippen molar-refractivity contribution >= 4 is 11.6 Å². The maximum absolute atomic E-state index is 5.79. The predicted molar refractivity (Wildman–Crippen MR) is 56.3 cm³/mol. The van der Waals surface area contributed by atoms with Crippen molar-refractivity contribution < 1.29 is 0 Å². The van der Waals surface area contributed by atoms with E-state index in [4.69, 9.17) is 11.6 Å². The van der Waals surface area contributed by atoms with Gasteiger partial charge in [0, 0.05) is 5.69 Å². The lowest BCUT2D eigenvalue weighted by Gasteiger charge is -2.05. The van der Waals surface area contributed by atoms with Gasteiger partial charge in [0.25, 0.3) is 0 Å². The lowest BCUT2D eigenvalue weighted by Crippen LogP contribution is -2.02. The van der Waals surface area contributed by atoms with E-state index >= 15 is 0 Å². The number of hydrogen-bond acceptors (Lipinski definition) is 1. The van der Waals surface area contributed by atoms with E-state index in [-0.39, 0.29) is 0 Å². The van der Waals surface area contributed by atoms with Gasteiger partial charge in [0.1, 0.15) is 6.00 Å². The van der Waals surface area contributed by atoms with Gasteiger partial charge in [-0.3, -0.25) is 4.68 Å². The molecule has 13 heavy (non-hydrogen) atoms. The van der Waals surface area contributed by atoms with Crippen LogP contribution in [0.4, 0.5) is 0 Å². The first-order valence-electron chi connectivity index (χ1n) is 4.69. The van der Waals surface area contributed by atoms with E-state index in [1.807, 2.05) is 4.68 Å². The van der Waals surface area contributed by atoms with Gasteiger partial charge in [-0.2, -0.15) is 5.10 Å². The molecular weight excluding hydrogens is 184 g/mol. The summed E-state index contributed by atoms with van der Waals surface area (Å²) >= 11 is 5.79. The molecule has 0 saturated heterocycles. The van der Waals surface area contributed by atoms with Crippen LogP contribution in [0, 0.1) is 0 Å². The molecule has 2 nitrogen and oxygen atoms in total. The summed E-state index contributed by atoms with van der Waals surface area (Å²) in [7, 11) is 0. The van der Waals surface area contributed by atoms with E-state index in [1.165, 1.54) is 5.69 Å². The van der Waals surface area contributed by atoms with E-state index in [9.17, 15) is 0 Å². The van der Waals surface area contributed by atoms with E-state index < -0.39 is 0 Å². The molecule has 0 bridgehead atoms. The zero-order chi connectivity index (χ0) is 10.0. The van der Waals surface area contributed by atoms with Gasteiger partial charge in [-0.25, -0.2) is 0 Å². The molecule has 3 heteroatoms. The topological polar surface area (TPSA) is 17.8 Å². The molecule has 0 aromatic carbocycles. The molecule has 0 amide bonds. The number of aromatic nitrogens is 2. The van der Waals surface area contributed by atoms with E-state index in [2.05, 4.69) is 38.9 Å². The van der Waals surface area contributed by atoms with Gasteiger partial charge in [0.2, 0.25) is 0 Å². The molecule has 0 aliphatic heterocycles. The van der Waals surface area contributed by atoms with E-state index in [0.29, 0.717) is 17.8 Å². The fraction of sp³-hybridized carbons (Fsp3) is 0.700. The summed E-state index contributed by atoms with van der Waals surface area (Å²) in [5.74, 6) is 0.959. The zero-order valence-corrected chi connectivity index (χ0v) is 9.47. The maximum atomic E-state index is 5.79. The Balaban J connectivity index is 3.04. The van der Waals surface area contributed by atoms with Crippen LogP contribution in [0.2, 0.25) is 0 Å². The SMILES string of the molecule is CC(C)c1cc(C(C)C)n(CCl)n1. The van der Waals surface area contributed by atoms with Crippen LogP contribution in [0.5, 0.6) is 0 Å². The van der Waals surface area contributed by atoms with Crippen molar-refractivity contribution in [2.24, 2.45) is 0 Å². The molecule has 1 aromatic rings. The number of halogens is 1. The van der Waals surface area contributed by atoms with Gasteiger partial charge in [-0.15, -0.1) is 11.6 Å². The fourth-order valence-corrected chi connectivity index (χ4v) is 1.49. The Kier molecular flexibility index (Phi) is 3.37. The van der Waals surface area contributed by atoms with Crippen molar-refractivity contribution in [2.45, 2.75) is 45.5 Å². The molecule has 0 N–H and O–H groups in total. The van der Waals surface area contributed by atoms with Gasteiger partial charge in [0.05, 0.1) is 5.69 Å². The Labute approximate surface area is 84.9 Å². The highest BCUT2D eigenvalue weighted by Gasteiger charge is 2.11. The van der Waals surface area contributed by atoms with Gasteiger partial charge < -0.3 is 0 Å². The predicted octanol–water partition coefficient (Wildman–Crippen LogP) is 3.33. The number of rotatable bonds is 3. The third-order valence-corrected chi connectivity index (χ3v) is 2.35. The van der Waals surface area contributed by atoms with Crippen LogP contribution in [-0.2, 0) is 6.00 Å². The third kappa shape index (κ3) is 2.25. The summed E-state index contributed by atoms with van der Waals surface area (Å²) in [5, 5.41) is 4.43. The van der Waals surface area contributed by atoms with Crippen LogP contribution in [0.15, 0.2) is 6.07 Å². The van der Waals surface area contributed by atoms with Crippen molar-refractivity contribution in [1.29, 1.82) is 0 Å². The van der Waals surface area contributed by atoms with Crippen LogP contribution < -0.4 is 0 Å². The lowest BCUT2D eigenvalue weighted by atomic mass is 10.1. The summed E-state index contributed by atoms with van der Waals surface area (Å²) in [6.07, 6.45) is 0. The van der Waals surface area contributed by atoms with Crippen molar-refractivity contribution in [3.05, 3.63) is 17.5 Å². The first kappa shape index (κ1) is 10.6. The maximum Gasteiger partial charge on any atom is 0.115 e. The highest BCUT2D eigenvalue weighted by atomic mass is 35.5. The number of nitrogens with zero attached hydrogens (tertiary/aromatic N) is 2. The molecule has 74 valence electrons. The average Bonchev–Trinajstić information content (AvgIpc) is 2.47. The van der Waals surface area contributed by atoms with Crippen LogP contribution in [-0.4, -0.2) is 9.78 Å².